The number of allylic oxidation sites excluding steroid dienone is 2. The minimum absolute atomic E-state index is 0.0519. The van der Waals surface area contributed by atoms with Crippen molar-refractivity contribution in [3.05, 3.63) is 46.2 Å². The second kappa shape index (κ2) is 8.57. The van der Waals surface area contributed by atoms with E-state index in [1.165, 1.54) is 6.08 Å². The molecule has 0 saturated carbocycles. The number of rotatable bonds is 3. The Balaban J connectivity index is 1.73. The Kier molecular flexibility index (Phi) is 6.45. The molecule has 116 valence electrons. The Bertz CT molecular complexity index is 590. The van der Waals surface area contributed by atoms with Gasteiger partial charge in [0.05, 0.1) is 17.6 Å². The van der Waals surface area contributed by atoms with Gasteiger partial charge < -0.3 is 9.47 Å². The van der Waals surface area contributed by atoms with Gasteiger partial charge in [-0.3, -0.25) is 0 Å². The van der Waals surface area contributed by atoms with Crippen LogP contribution >= 0.6 is 11.3 Å². The van der Waals surface area contributed by atoms with Crippen LogP contribution in [-0.2, 0) is 14.3 Å². The smallest absolute Gasteiger partial charge is 0.331 e. The summed E-state index contributed by atoms with van der Waals surface area (Å²) in [6.45, 7) is 4.18. The van der Waals surface area contributed by atoms with Crippen LogP contribution in [0.2, 0.25) is 0 Å². The molecule has 0 aliphatic carbocycles. The Labute approximate surface area is 135 Å². The normalized spacial score (nSPS) is 21.0. The van der Waals surface area contributed by atoms with Crippen molar-refractivity contribution < 1.29 is 14.3 Å². The monoisotopic (exact) mass is 316 g/mol. The molecule has 0 aromatic carbocycles. The SMILES string of the molecule is CC(C)=CC(=O)O[C@@H]1CC[C@@H](C=CC#Cc2cccs2)OC1. The van der Waals surface area contributed by atoms with E-state index in [9.17, 15) is 4.79 Å². The standard InChI is InChI=1S/C18H20O3S/c1-14(2)12-18(19)21-16-10-9-15(20-13-16)6-3-4-7-17-8-5-11-22-17/h3,5-6,8,11-12,15-16H,9-10,13H2,1-2H3/t15-,16-/m1/s1. The molecular formula is C18H20O3S. The lowest BCUT2D eigenvalue weighted by Gasteiger charge is -2.26. The van der Waals surface area contributed by atoms with E-state index in [2.05, 4.69) is 11.8 Å². The van der Waals surface area contributed by atoms with E-state index in [1.807, 2.05) is 43.5 Å². The summed E-state index contributed by atoms with van der Waals surface area (Å²) in [5, 5.41) is 2.01. The molecule has 22 heavy (non-hydrogen) atoms. The maximum atomic E-state index is 11.5. The summed E-state index contributed by atoms with van der Waals surface area (Å²) in [6.07, 6.45) is 6.86. The van der Waals surface area contributed by atoms with Gasteiger partial charge in [0.1, 0.15) is 6.10 Å². The fourth-order valence-corrected chi connectivity index (χ4v) is 2.62. The first-order valence-electron chi connectivity index (χ1n) is 7.32. The molecule has 1 aromatic heterocycles. The molecule has 2 heterocycles. The predicted octanol–water partition coefficient (Wildman–Crippen LogP) is 3.71. The number of ether oxygens (including phenoxy) is 2. The molecular weight excluding hydrogens is 296 g/mol. The van der Waals surface area contributed by atoms with Crippen molar-refractivity contribution in [2.45, 2.75) is 38.9 Å². The van der Waals surface area contributed by atoms with Crippen molar-refractivity contribution in [3.8, 4) is 11.8 Å². The van der Waals surface area contributed by atoms with Crippen molar-refractivity contribution in [2.75, 3.05) is 6.61 Å². The Morgan fingerprint density at radius 2 is 2.32 bits per heavy atom. The molecule has 1 aromatic rings. The van der Waals surface area contributed by atoms with Gasteiger partial charge in [-0.05, 0) is 50.3 Å². The number of hydrogen-bond donors (Lipinski definition) is 0. The number of esters is 1. The van der Waals surface area contributed by atoms with Gasteiger partial charge in [0.2, 0.25) is 0 Å². The van der Waals surface area contributed by atoms with Gasteiger partial charge in [-0.25, -0.2) is 4.79 Å². The highest BCUT2D eigenvalue weighted by Gasteiger charge is 2.22. The van der Waals surface area contributed by atoms with Crippen LogP contribution in [0.25, 0.3) is 0 Å². The molecule has 1 aliphatic rings. The minimum atomic E-state index is -0.288. The molecule has 2 rings (SSSR count). The maximum Gasteiger partial charge on any atom is 0.331 e. The summed E-state index contributed by atoms with van der Waals surface area (Å²) < 4.78 is 11.0. The minimum Gasteiger partial charge on any atom is -0.457 e. The van der Waals surface area contributed by atoms with Gasteiger partial charge in [0.15, 0.2) is 0 Å². The summed E-state index contributed by atoms with van der Waals surface area (Å²) >= 11 is 1.63. The van der Waals surface area contributed by atoms with Crippen LogP contribution in [0.1, 0.15) is 31.6 Å². The fourth-order valence-electron chi connectivity index (χ4n) is 2.04. The summed E-state index contributed by atoms with van der Waals surface area (Å²) in [5.41, 5.74) is 0.937. The van der Waals surface area contributed by atoms with Crippen molar-refractivity contribution in [1.29, 1.82) is 0 Å². The number of carbonyl (C=O) groups is 1. The highest BCUT2D eigenvalue weighted by atomic mass is 32.1. The lowest BCUT2D eigenvalue weighted by molar-refractivity contribution is -0.151. The van der Waals surface area contributed by atoms with Crippen molar-refractivity contribution >= 4 is 17.3 Å². The molecule has 1 fully saturated rings. The highest BCUT2D eigenvalue weighted by molar-refractivity contribution is 7.10. The zero-order valence-electron chi connectivity index (χ0n) is 12.9. The maximum absolute atomic E-state index is 11.5. The van der Waals surface area contributed by atoms with E-state index in [-0.39, 0.29) is 18.2 Å². The van der Waals surface area contributed by atoms with Crippen LogP contribution in [0, 0.1) is 11.8 Å². The summed E-state index contributed by atoms with van der Waals surface area (Å²) in [7, 11) is 0. The molecule has 0 radical (unpaired) electrons. The van der Waals surface area contributed by atoms with Crippen LogP contribution in [0.4, 0.5) is 0 Å². The van der Waals surface area contributed by atoms with Crippen LogP contribution in [0.3, 0.4) is 0 Å². The van der Waals surface area contributed by atoms with Crippen LogP contribution in [0.5, 0.6) is 0 Å². The van der Waals surface area contributed by atoms with Crippen LogP contribution in [-0.4, -0.2) is 24.8 Å². The second-order valence-electron chi connectivity index (χ2n) is 5.34. The van der Waals surface area contributed by atoms with Gasteiger partial charge in [-0.15, -0.1) is 11.3 Å². The first-order valence-corrected chi connectivity index (χ1v) is 8.20. The van der Waals surface area contributed by atoms with Crippen LogP contribution in [0.15, 0.2) is 41.3 Å². The van der Waals surface area contributed by atoms with E-state index < -0.39 is 0 Å². The molecule has 0 N–H and O–H groups in total. The van der Waals surface area contributed by atoms with Gasteiger partial charge in [-0.2, -0.15) is 0 Å². The van der Waals surface area contributed by atoms with Gasteiger partial charge in [-0.1, -0.05) is 23.5 Å². The third-order valence-corrected chi connectivity index (χ3v) is 3.85. The van der Waals surface area contributed by atoms with E-state index in [0.717, 1.165) is 23.3 Å². The number of carbonyl (C=O) groups excluding carboxylic acids is 1. The van der Waals surface area contributed by atoms with Gasteiger partial charge in [0.25, 0.3) is 0 Å². The number of hydrogen-bond acceptors (Lipinski definition) is 4. The third-order valence-electron chi connectivity index (χ3n) is 3.07. The summed E-state index contributed by atoms with van der Waals surface area (Å²) in [4.78, 5) is 12.6. The Morgan fingerprint density at radius 3 is 2.95 bits per heavy atom. The largest absolute Gasteiger partial charge is 0.457 e. The zero-order valence-corrected chi connectivity index (χ0v) is 13.7. The molecule has 3 nitrogen and oxygen atoms in total. The Morgan fingerprint density at radius 1 is 1.45 bits per heavy atom. The molecule has 0 bridgehead atoms. The van der Waals surface area contributed by atoms with E-state index in [1.54, 1.807) is 11.3 Å². The predicted molar refractivity (Wildman–Crippen MR) is 88.6 cm³/mol. The van der Waals surface area contributed by atoms with E-state index >= 15 is 0 Å². The van der Waals surface area contributed by atoms with Crippen molar-refractivity contribution in [1.82, 2.24) is 0 Å². The van der Waals surface area contributed by atoms with E-state index in [4.69, 9.17) is 9.47 Å². The quantitative estimate of drug-likeness (QED) is 0.484. The average molecular weight is 316 g/mol. The lowest BCUT2D eigenvalue weighted by Crippen LogP contribution is -2.31. The third kappa shape index (κ3) is 5.88. The van der Waals surface area contributed by atoms with Gasteiger partial charge in [0, 0.05) is 6.08 Å². The highest BCUT2D eigenvalue weighted by Crippen LogP contribution is 2.17. The van der Waals surface area contributed by atoms with Gasteiger partial charge >= 0.3 is 5.97 Å². The van der Waals surface area contributed by atoms with Crippen LogP contribution < -0.4 is 0 Å². The molecule has 1 saturated heterocycles. The topological polar surface area (TPSA) is 35.5 Å². The fraction of sp³-hybridized carbons (Fsp3) is 0.389. The average Bonchev–Trinajstić information content (AvgIpc) is 2.97. The van der Waals surface area contributed by atoms with Crippen molar-refractivity contribution in [3.63, 3.8) is 0 Å². The lowest BCUT2D eigenvalue weighted by atomic mass is 10.1. The summed E-state index contributed by atoms with van der Waals surface area (Å²) in [5.74, 6) is 5.79. The Hall–Kier alpha value is -1.83. The van der Waals surface area contributed by atoms with Crippen molar-refractivity contribution in [2.24, 2.45) is 0 Å². The number of thiophene rings is 1. The molecule has 2 atom stereocenters. The second-order valence-corrected chi connectivity index (χ2v) is 6.28. The summed E-state index contributed by atoms with van der Waals surface area (Å²) in [6, 6.07) is 3.98. The molecule has 1 aliphatic heterocycles. The molecule has 4 heteroatoms. The zero-order chi connectivity index (χ0) is 15.8. The molecule has 0 unspecified atom stereocenters. The molecule has 0 spiro atoms. The molecule has 0 amide bonds. The van der Waals surface area contributed by atoms with E-state index in [0.29, 0.717) is 6.61 Å². The first-order chi connectivity index (χ1) is 10.6. The first kappa shape index (κ1) is 16.5.